The Morgan fingerprint density at radius 2 is 1.81 bits per heavy atom. The van der Waals surface area contributed by atoms with Crippen molar-refractivity contribution in [1.29, 1.82) is 0 Å². The summed E-state index contributed by atoms with van der Waals surface area (Å²) < 4.78 is 62.1. The van der Waals surface area contributed by atoms with Crippen molar-refractivity contribution in [2.75, 3.05) is 31.6 Å². The fourth-order valence-corrected chi connectivity index (χ4v) is 5.56. The average molecular weight is 543 g/mol. The number of aliphatic hydroxyl groups is 1. The maximum atomic E-state index is 14.3. The molecule has 2 aliphatic heterocycles. The van der Waals surface area contributed by atoms with Gasteiger partial charge >= 0.3 is 12.2 Å². The number of carbonyl (C=O) groups is 1. The fraction of sp³-hybridized carbons (Fsp3) is 0.500. The lowest BCUT2D eigenvalue weighted by Crippen LogP contribution is -2.58. The smallest absolute Gasteiger partial charge is 0.418 e. The van der Waals surface area contributed by atoms with Gasteiger partial charge in [-0.1, -0.05) is 25.4 Å². The molecule has 2 aromatic carbocycles. The highest BCUT2D eigenvalue weighted by molar-refractivity contribution is 6.31. The first-order chi connectivity index (χ1) is 17.2. The summed E-state index contributed by atoms with van der Waals surface area (Å²) in [7, 11) is 1.36. The predicted octanol–water partition coefficient (Wildman–Crippen LogP) is 5.79. The van der Waals surface area contributed by atoms with Gasteiger partial charge in [-0.3, -0.25) is 9.80 Å². The van der Waals surface area contributed by atoms with E-state index in [2.05, 4.69) is 5.32 Å². The van der Waals surface area contributed by atoms with Crippen LogP contribution in [0.25, 0.3) is 0 Å². The summed E-state index contributed by atoms with van der Waals surface area (Å²) >= 11 is 5.99. The molecule has 1 saturated heterocycles. The third-order valence-electron chi connectivity index (χ3n) is 7.18. The number of halogens is 5. The number of hydrogen-bond donors (Lipinski definition) is 1. The number of carbonyl (C=O) groups excluding carboxylic acids is 1. The summed E-state index contributed by atoms with van der Waals surface area (Å²) in [6.07, 6.45) is -4.79. The molecule has 1 atom stereocenters. The molecule has 37 heavy (non-hydrogen) atoms. The number of rotatable bonds is 7. The van der Waals surface area contributed by atoms with Gasteiger partial charge in [-0.05, 0) is 61.1 Å². The number of alkyl halides is 3. The van der Waals surface area contributed by atoms with Crippen molar-refractivity contribution in [3.8, 4) is 5.75 Å². The molecule has 0 aromatic heterocycles. The molecule has 11 heteroatoms. The predicted molar refractivity (Wildman–Crippen MR) is 132 cm³/mol. The number of methoxy groups -OCH3 is 1. The largest absolute Gasteiger partial charge is 0.496 e. The van der Waals surface area contributed by atoms with Gasteiger partial charge in [-0.2, -0.15) is 18.5 Å². The number of β-amino-alcohol motifs (C(OH)–C–C–N with tert-alkyl or cyclic N) is 1. The van der Waals surface area contributed by atoms with Crippen LogP contribution in [0.15, 0.2) is 36.4 Å². The number of likely N-dealkylation sites (tertiary alicyclic amines) is 1. The van der Waals surface area contributed by atoms with E-state index < -0.39 is 42.0 Å². The van der Waals surface area contributed by atoms with Crippen molar-refractivity contribution in [3.63, 3.8) is 0 Å². The monoisotopic (exact) mass is 542 g/mol. The van der Waals surface area contributed by atoms with Gasteiger partial charge < -0.3 is 9.84 Å². The zero-order valence-corrected chi connectivity index (χ0v) is 21.5. The second kappa shape index (κ2) is 9.96. The van der Waals surface area contributed by atoms with Crippen LogP contribution in [0.5, 0.6) is 5.75 Å². The lowest BCUT2D eigenvalue weighted by atomic mass is 9.74. The number of ether oxygens (including phenoxy) is 1. The summed E-state index contributed by atoms with van der Waals surface area (Å²) in [6, 6.07) is 7.99. The molecule has 0 bridgehead atoms. The Morgan fingerprint density at radius 3 is 2.43 bits per heavy atom. The zero-order chi connectivity index (χ0) is 27.2. The van der Waals surface area contributed by atoms with E-state index in [1.165, 1.54) is 33.1 Å². The molecule has 2 aromatic rings. The Morgan fingerprint density at radius 1 is 1.14 bits per heavy atom. The SMILES string of the molecule is COc1ccc(F)cc1C(C)(C)CC(O)(CN1CCC(N2C(=O)[N]c3cc(Cl)ccc32)CC1)C(F)(F)F. The Balaban J connectivity index is 1.48. The van der Waals surface area contributed by atoms with E-state index in [4.69, 9.17) is 16.3 Å². The summed E-state index contributed by atoms with van der Waals surface area (Å²) in [5.41, 5.74) is -2.97. The van der Waals surface area contributed by atoms with Gasteiger partial charge in [0.25, 0.3) is 0 Å². The standard InChI is InChI=1S/C26H29ClF4N3O3/c1-24(2,19-13-17(28)5-7-22(19)37-3)14-25(36,26(29,30)31)15-33-10-8-18(9-11-33)34-21-6-4-16(27)12-20(21)32-23(34)35/h4-7,12-13,18,36H,8-11,14-15H2,1-3H3. The lowest BCUT2D eigenvalue weighted by molar-refractivity contribution is -0.272. The molecule has 2 aliphatic rings. The van der Waals surface area contributed by atoms with E-state index in [9.17, 15) is 27.5 Å². The maximum absolute atomic E-state index is 14.3. The fourth-order valence-electron chi connectivity index (χ4n) is 5.39. The van der Waals surface area contributed by atoms with Gasteiger partial charge in [0.05, 0.1) is 18.5 Å². The van der Waals surface area contributed by atoms with Crippen LogP contribution in [0.4, 0.5) is 33.7 Å². The molecule has 0 saturated carbocycles. The van der Waals surface area contributed by atoms with Crippen LogP contribution in [0.1, 0.15) is 38.7 Å². The van der Waals surface area contributed by atoms with Crippen molar-refractivity contribution in [2.45, 2.75) is 56.3 Å². The van der Waals surface area contributed by atoms with Gasteiger partial charge in [-0.15, -0.1) is 0 Å². The van der Waals surface area contributed by atoms with Crippen LogP contribution in [-0.2, 0) is 5.41 Å². The summed E-state index contributed by atoms with van der Waals surface area (Å²) in [5, 5.41) is 15.5. The Hall–Kier alpha value is -2.56. The minimum Gasteiger partial charge on any atom is -0.496 e. The second-order valence-corrected chi connectivity index (χ2v) is 10.8. The summed E-state index contributed by atoms with van der Waals surface area (Å²) in [4.78, 5) is 15.7. The molecule has 1 N–H and O–H groups in total. The Labute approximate surface area is 218 Å². The van der Waals surface area contributed by atoms with Crippen molar-refractivity contribution in [2.24, 2.45) is 0 Å². The van der Waals surface area contributed by atoms with Gasteiger partial charge in [0.15, 0.2) is 5.60 Å². The van der Waals surface area contributed by atoms with Crippen molar-refractivity contribution >= 4 is 29.0 Å². The highest BCUT2D eigenvalue weighted by atomic mass is 35.5. The number of piperidine rings is 1. The first kappa shape index (κ1) is 27.5. The number of benzene rings is 2. The maximum Gasteiger partial charge on any atom is 0.418 e. The van der Waals surface area contributed by atoms with Crippen molar-refractivity contribution in [3.05, 3.63) is 52.8 Å². The molecule has 1 unspecified atom stereocenters. The van der Waals surface area contributed by atoms with Crippen molar-refractivity contribution in [1.82, 2.24) is 10.2 Å². The quantitative estimate of drug-likeness (QED) is 0.450. The minimum atomic E-state index is -4.93. The zero-order valence-electron chi connectivity index (χ0n) is 20.8. The average Bonchev–Trinajstić information content (AvgIpc) is 3.13. The first-order valence-electron chi connectivity index (χ1n) is 11.9. The number of anilines is 1. The van der Waals surface area contributed by atoms with E-state index >= 15 is 0 Å². The lowest BCUT2D eigenvalue weighted by Gasteiger charge is -2.43. The molecular weight excluding hydrogens is 514 g/mol. The number of urea groups is 1. The molecule has 6 nitrogen and oxygen atoms in total. The van der Waals surface area contributed by atoms with E-state index in [0.29, 0.717) is 29.2 Å². The van der Waals surface area contributed by atoms with E-state index in [0.717, 1.165) is 6.07 Å². The number of amides is 2. The van der Waals surface area contributed by atoms with Crippen LogP contribution >= 0.6 is 11.6 Å². The van der Waals surface area contributed by atoms with Gasteiger partial charge in [0.2, 0.25) is 0 Å². The third-order valence-corrected chi connectivity index (χ3v) is 7.41. The molecule has 4 rings (SSSR count). The van der Waals surface area contributed by atoms with Gasteiger partial charge in [-0.25, -0.2) is 9.18 Å². The summed E-state index contributed by atoms with van der Waals surface area (Å²) in [5.74, 6) is -0.354. The third kappa shape index (κ3) is 5.51. The Bertz CT molecular complexity index is 1170. The van der Waals surface area contributed by atoms with Crippen LogP contribution in [0.2, 0.25) is 5.02 Å². The van der Waals surface area contributed by atoms with Gasteiger partial charge in [0, 0.05) is 36.3 Å². The molecule has 0 aliphatic carbocycles. The molecule has 201 valence electrons. The highest BCUT2D eigenvalue weighted by Gasteiger charge is 2.57. The number of hydrogen-bond acceptors (Lipinski definition) is 4. The number of nitrogens with zero attached hydrogens (tertiary/aromatic N) is 3. The molecule has 1 fully saturated rings. The molecule has 2 heterocycles. The second-order valence-electron chi connectivity index (χ2n) is 10.3. The number of fused-ring (bicyclic) bond motifs is 1. The van der Waals surface area contributed by atoms with E-state index in [1.807, 2.05) is 0 Å². The molecule has 2 amide bonds. The Kier molecular flexibility index (Phi) is 7.40. The van der Waals surface area contributed by atoms with Gasteiger partial charge in [0.1, 0.15) is 11.6 Å². The minimum absolute atomic E-state index is 0.234. The normalized spacial score (nSPS) is 18.9. The van der Waals surface area contributed by atoms with E-state index in [-0.39, 0.29) is 30.4 Å². The first-order valence-corrected chi connectivity index (χ1v) is 12.3. The van der Waals surface area contributed by atoms with Crippen LogP contribution in [0.3, 0.4) is 0 Å². The summed E-state index contributed by atoms with van der Waals surface area (Å²) in [6.45, 7) is 2.91. The molecule has 1 radical (unpaired) electrons. The van der Waals surface area contributed by atoms with Crippen LogP contribution in [-0.4, -0.2) is 60.6 Å². The highest BCUT2D eigenvalue weighted by Crippen LogP contribution is 2.45. The van der Waals surface area contributed by atoms with Crippen molar-refractivity contribution < 1.29 is 32.2 Å². The van der Waals surface area contributed by atoms with Crippen LogP contribution < -0.4 is 15.0 Å². The molecule has 0 spiro atoms. The van der Waals surface area contributed by atoms with E-state index in [1.54, 1.807) is 28.0 Å². The topological polar surface area (TPSA) is 67.1 Å². The molecular formula is C26H29ClF4N3O3. The van der Waals surface area contributed by atoms with Crippen LogP contribution in [0, 0.1) is 5.82 Å².